The van der Waals surface area contributed by atoms with Crippen molar-refractivity contribution in [2.45, 2.75) is 32.4 Å². The Morgan fingerprint density at radius 2 is 1.78 bits per heavy atom. The lowest BCUT2D eigenvalue weighted by Gasteiger charge is -2.13. The minimum Gasteiger partial charge on any atom is -0.480 e. The van der Waals surface area contributed by atoms with E-state index in [-0.39, 0.29) is 11.5 Å². The Bertz CT molecular complexity index is 598. The van der Waals surface area contributed by atoms with Crippen LogP contribution in [0.1, 0.15) is 35.7 Å². The largest absolute Gasteiger partial charge is 0.480 e. The van der Waals surface area contributed by atoms with Gasteiger partial charge < -0.3 is 21.5 Å². The molecule has 0 aliphatic rings. The van der Waals surface area contributed by atoms with E-state index >= 15 is 0 Å². The highest BCUT2D eigenvalue weighted by atomic mass is 16.4. The summed E-state index contributed by atoms with van der Waals surface area (Å²) in [6.45, 7) is 2.09. The number of primary amides is 1. The van der Waals surface area contributed by atoms with Crippen molar-refractivity contribution >= 4 is 23.7 Å². The molecule has 1 atom stereocenters. The number of carbonyl (C=O) groups is 4. The number of hydrogen-bond acceptors (Lipinski definition) is 4. The molecule has 0 spiro atoms. The predicted octanol–water partition coefficient (Wildman–Crippen LogP) is -0.229. The highest BCUT2D eigenvalue weighted by Crippen LogP contribution is 2.05. The van der Waals surface area contributed by atoms with Crippen LogP contribution >= 0.6 is 0 Å². The van der Waals surface area contributed by atoms with Crippen LogP contribution in [0.4, 0.5) is 0 Å². The van der Waals surface area contributed by atoms with Gasteiger partial charge in [0.15, 0.2) is 0 Å². The van der Waals surface area contributed by atoms with E-state index in [1.54, 1.807) is 19.1 Å². The Balaban J connectivity index is 2.67. The second kappa shape index (κ2) is 8.52. The molecule has 1 aromatic rings. The normalized spacial score (nSPS) is 11.3. The fourth-order valence-corrected chi connectivity index (χ4v) is 1.74. The average Bonchev–Trinajstić information content (AvgIpc) is 2.51. The fourth-order valence-electron chi connectivity index (χ4n) is 1.74. The van der Waals surface area contributed by atoms with Crippen LogP contribution in [0.15, 0.2) is 24.3 Å². The zero-order valence-corrected chi connectivity index (χ0v) is 12.7. The molecule has 0 aromatic heterocycles. The lowest BCUT2D eigenvalue weighted by Crippen LogP contribution is -2.43. The number of hydrogen-bond donors (Lipinski definition) is 4. The lowest BCUT2D eigenvalue weighted by molar-refractivity contribution is -0.140. The van der Waals surface area contributed by atoms with Crippen LogP contribution in [0.25, 0.3) is 0 Å². The molecule has 8 heteroatoms. The van der Waals surface area contributed by atoms with E-state index in [2.05, 4.69) is 10.6 Å². The molecule has 23 heavy (non-hydrogen) atoms. The van der Waals surface area contributed by atoms with Crippen molar-refractivity contribution < 1.29 is 24.3 Å². The molecular formula is C15H19N3O5. The third-order valence-electron chi connectivity index (χ3n) is 3.04. The Labute approximate surface area is 133 Å². The van der Waals surface area contributed by atoms with Gasteiger partial charge in [0.2, 0.25) is 11.8 Å². The van der Waals surface area contributed by atoms with E-state index < -0.39 is 30.2 Å². The first-order valence-corrected chi connectivity index (χ1v) is 7.01. The number of rotatable bonds is 8. The summed E-state index contributed by atoms with van der Waals surface area (Å²) in [5.41, 5.74) is 5.99. The maximum absolute atomic E-state index is 12.0. The first-order valence-electron chi connectivity index (χ1n) is 7.01. The van der Waals surface area contributed by atoms with E-state index in [4.69, 9.17) is 10.8 Å². The van der Waals surface area contributed by atoms with Crippen molar-refractivity contribution in [3.05, 3.63) is 35.4 Å². The van der Waals surface area contributed by atoms with E-state index in [1.165, 1.54) is 12.1 Å². The van der Waals surface area contributed by atoms with Crippen LogP contribution in [0.3, 0.4) is 0 Å². The third-order valence-corrected chi connectivity index (χ3v) is 3.04. The monoisotopic (exact) mass is 321 g/mol. The molecule has 0 saturated heterocycles. The number of aliphatic carboxylic acids is 1. The fraction of sp³-hybridized carbons (Fsp3) is 0.333. The molecule has 0 aliphatic heterocycles. The van der Waals surface area contributed by atoms with Gasteiger partial charge >= 0.3 is 5.97 Å². The Hall–Kier alpha value is -2.90. The molecular weight excluding hydrogens is 302 g/mol. The molecule has 0 radical (unpaired) electrons. The van der Waals surface area contributed by atoms with Gasteiger partial charge in [-0.2, -0.15) is 0 Å². The molecule has 3 amide bonds. The molecule has 1 rings (SSSR count). The predicted molar refractivity (Wildman–Crippen MR) is 81.3 cm³/mol. The van der Waals surface area contributed by atoms with Crippen LogP contribution in [0.5, 0.6) is 0 Å². The van der Waals surface area contributed by atoms with Crippen molar-refractivity contribution in [2.24, 2.45) is 5.73 Å². The summed E-state index contributed by atoms with van der Waals surface area (Å²) in [5, 5.41) is 13.9. The van der Waals surface area contributed by atoms with Gasteiger partial charge in [-0.05, 0) is 17.7 Å². The Morgan fingerprint density at radius 3 is 2.26 bits per heavy atom. The van der Waals surface area contributed by atoms with Crippen molar-refractivity contribution in [3.63, 3.8) is 0 Å². The summed E-state index contributed by atoms with van der Waals surface area (Å²) in [7, 11) is 0. The van der Waals surface area contributed by atoms with Gasteiger partial charge in [-0.15, -0.1) is 0 Å². The smallest absolute Gasteiger partial charge is 0.326 e. The second-order valence-corrected chi connectivity index (χ2v) is 4.86. The molecule has 0 aliphatic carbocycles. The summed E-state index contributed by atoms with van der Waals surface area (Å²) < 4.78 is 0. The van der Waals surface area contributed by atoms with Gasteiger partial charge in [-0.3, -0.25) is 14.4 Å². The third kappa shape index (κ3) is 6.16. The molecule has 1 aromatic carbocycles. The zero-order valence-electron chi connectivity index (χ0n) is 12.7. The van der Waals surface area contributed by atoms with Gasteiger partial charge in [0.1, 0.15) is 6.04 Å². The topological polar surface area (TPSA) is 139 Å². The summed E-state index contributed by atoms with van der Waals surface area (Å²) in [6.07, 6.45) is -0.0981. The summed E-state index contributed by atoms with van der Waals surface area (Å²) >= 11 is 0. The Morgan fingerprint density at radius 1 is 1.17 bits per heavy atom. The average molecular weight is 321 g/mol. The number of nitrogens with two attached hydrogens (primary N) is 1. The highest BCUT2D eigenvalue weighted by molar-refractivity contribution is 5.97. The zero-order chi connectivity index (χ0) is 17.4. The number of carbonyl (C=O) groups excluding carboxylic acids is 3. The molecule has 0 fully saturated rings. The van der Waals surface area contributed by atoms with Crippen molar-refractivity contribution in [3.8, 4) is 0 Å². The second-order valence-electron chi connectivity index (χ2n) is 4.86. The first kappa shape index (κ1) is 18.1. The van der Waals surface area contributed by atoms with Crippen molar-refractivity contribution in [1.29, 1.82) is 0 Å². The highest BCUT2D eigenvalue weighted by Gasteiger charge is 2.22. The standard InChI is InChI=1S/C15H19N3O5/c1-2-13(20)17-8-9-3-5-10(6-4-9)14(21)18-11(15(22)23)7-12(16)19/h3-6,11H,2,7-8H2,1H3,(H2,16,19)(H,17,20)(H,18,21)(H,22,23). The summed E-state index contributed by atoms with van der Waals surface area (Å²) in [5.74, 6) is -2.86. The van der Waals surface area contributed by atoms with E-state index in [0.29, 0.717) is 13.0 Å². The molecule has 1 unspecified atom stereocenters. The van der Waals surface area contributed by atoms with E-state index in [0.717, 1.165) is 5.56 Å². The van der Waals surface area contributed by atoms with Crippen LogP contribution in [0.2, 0.25) is 0 Å². The minimum atomic E-state index is -1.37. The molecule has 0 heterocycles. The SMILES string of the molecule is CCC(=O)NCc1ccc(C(=O)NC(CC(N)=O)C(=O)O)cc1. The van der Waals surface area contributed by atoms with Gasteiger partial charge in [0.05, 0.1) is 6.42 Å². The van der Waals surface area contributed by atoms with Gasteiger partial charge in [-0.25, -0.2) is 4.79 Å². The van der Waals surface area contributed by atoms with E-state index in [9.17, 15) is 19.2 Å². The molecule has 5 N–H and O–H groups in total. The molecule has 124 valence electrons. The Kier molecular flexibility index (Phi) is 6.72. The van der Waals surface area contributed by atoms with Crippen LogP contribution in [0, 0.1) is 0 Å². The number of nitrogens with one attached hydrogen (secondary N) is 2. The summed E-state index contributed by atoms with van der Waals surface area (Å²) in [4.78, 5) is 44.9. The number of carboxylic acids is 1. The molecule has 0 saturated carbocycles. The lowest BCUT2D eigenvalue weighted by atomic mass is 10.1. The maximum atomic E-state index is 12.0. The minimum absolute atomic E-state index is 0.0810. The van der Waals surface area contributed by atoms with Crippen molar-refractivity contribution in [1.82, 2.24) is 10.6 Å². The quantitative estimate of drug-likeness (QED) is 0.524. The van der Waals surface area contributed by atoms with Crippen molar-refractivity contribution in [2.75, 3.05) is 0 Å². The first-order chi connectivity index (χ1) is 10.8. The van der Waals surface area contributed by atoms with Crippen LogP contribution < -0.4 is 16.4 Å². The van der Waals surface area contributed by atoms with Gasteiger partial charge in [0, 0.05) is 18.5 Å². The maximum Gasteiger partial charge on any atom is 0.326 e. The van der Waals surface area contributed by atoms with Crippen LogP contribution in [-0.4, -0.2) is 34.8 Å². The summed E-state index contributed by atoms with van der Waals surface area (Å²) in [6, 6.07) is 4.94. The van der Waals surface area contributed by atoms with E-state index in [1.807, 2.05) is 0 Å². The van der Waals surface area contributed by atoms with Gasteiger partial charge in [-0.1, -0.05) is 19.1 Å². The number of amides is 3. The number of benzene rings is 1. The molecule has 8 nitrogen and oxygen atoms in total. The molecule has 0 bridgehead atoms. The van der Waals surface area contributed by atoms with Crippen LogP contribution in [-0.2, 0) is 20.9 Å². The number of carboxylic acid groups (broad SMARTS) is 1. The van der Waals surface area contributed by atoms with Gasteiger partial charge in [0.25, 0.3) is 5.91 Å².